The van der Waals surface area contributed by atoms with Gasteiger partial charge in [-0.05, 0) is 25.5 Å². The van der Waals surface area contributed by atoms with Crippen LogP contribution < -0.4 is 5.73 Å². The van der Waals surface area contributed by atoms with Crippen LogP contribution in [-0.4, -0.2) is 41.6 Å². The van der Waals surface area contributed by atoms with Crippen molar-refractivity contribution < 1.29 is 9.53 Å². The molecule has 5 nitrogen and oxygen atoms in total. The number of pyridine rings is 1. The molecule has 1 amide bonds. The quantitative estimate of drug-likeness (QED) is 0.804. The molecule has 0 radical (unpaired) electrons. The fourth-order valence-electron chi connectivity index (χ4n) is 1.65. The van der Waals surface area contributed by atoms with Crippen LogP contribution in [0, 0.1) is 0 Å². The van der Waals surface area contributed by atoms with E-state index in [1.165, 1.54) is 0 Å². The predicted molar refractivity (Wildman–Crippen MR) is 74.4 cm³/mol. The average molecular weight is 265 g/mol. The maximum Gasteiger partial charge on any atom is 0.242 e. The minimum absolute atomic E-state index is 0.0716. The van der Waals surface area contributed by atoms with E-state index in [2.05, 4.69) is 4.98 Å². The summed E-state index contributed by atoms with van der Waals surface area (Å²) in [5.41, 5.74) is 6.03. The highest BCUT2D eigenvalue weighted by Gasteiger charge is 2.30. The normalized spacial score (nSPS) is 13.9. The van der Waals surface area contributed by atoms with Crippen molar-refractivity contribution in [3.05, 3.63) is 30.1 Å². The Morgan fingerprint density at radius 3 is 2.79 bits per heavy atom. The van der Waals surface area contributed by atoms with Crippen LogP contribution >= 0.6 is 0 Å². The number of amides is 1. The second kappa shape index (κ2) is 7.21. The van der Waals surface area contributed by atoms with E-state index in [0.29, 0.717) is 26.1 Å². The Hall–Kier alpha value is -1.46. The van der Waals surface area contributed by atoms with E-state index in [0.717, 1.165) is 5.69 Å². The van der Waals surface area contributed by atoms with Crippen molar-refractivity contribution in [2.24, 2.45) is 5.73 Å². The molecule has 0 aromatic carbocycles. The number of nitrogens with zero attached hydrogens (tertiary/aromatic N) is 2. The van der Waals surface area contributed by atoms with Gasteiger partial charge >= 0.3 is 0 Å². The highest BCUT2D eigenvalue weighted by atomic mass is 16.5. The lowest BCUT2D eigenvalue weighted by Crippen LogP contribution is -2.53. The average Bonchev–Trinajstić information content (AvgIpc) is 2.43. The molecule has 2 N–H and O–H groups in total. The molecule has 1 rings (SSSR count). The summed E-state index contributed by atoms with van der Waals surface area (Å²) in [4.78, 5) is 18.4. The van der Waals surface area contributed by atoms with Gasteiger partial charge in [-0.15, -0.1) is 0 Å². The molecule has 0 spiro atoms. The highest BCUT2D eigenvalue weighted by Crippen LogP contribution is 2.12. The third-order valence-corrected chi connectivity index (χ3v) is 3.15. The van der Waals surface area contributed by atoms with Crippen molar-refractivity contribution in [1.82, 2.24) is 9.88 Å². The van der Waals surface area contributed by atoms with E-state index in [-0.39, 0.29) is 5.91 Å². The van der Waals surface area contributed by atoms with Crippen LogP contribution in [0.5, 0.6) is 0 Å². The van der Waals surface area contributed by atoms with Crippen molar-refractivity contribution in [2.75, 3.05) is 20.3 Å². The Morgan fingerprint density at radius 1 is 1.53 bits per heavy atom. The number of carbonyl (C=O) groups excluding carboxylic acids is 1. The number of nitrogens with two attached hydrogens (primary N) is 1. The maximum absolute atomic E-state index is 12.4. The first-order valence-electron chi connectivity index (χ1n) is 6.48. The van der Waals surface area contributed by atoms with Crippen LogP contribution in [0.4, 0.5) is 0 Å². The van der Waals surface area contributed by atoms with Gasteiger partial charge in [0, 0.05) is 19.9 Å². The molecular formula is C14H23N3O2. The minimum atomic E-state index is -0.845. The molecular weight excluding hydrogens is 242 g/mol. The number of ether oxygens (including phenoxy) is 1. The number of hydrogen-bond donors (Lipinski definition) is 1. The molecule has 0 aliphatic carbocycles. The monoisotopic (exact) mass is 265 g/mol. The van der Waals surface area contributed by atoms with Crippen LogP contribution in [0.2, 0.25) is 0 Å². The Bertz CT molecular complexity index is 393. The van der Waals surface area contributed by atoms with Crippen LogP contribution in [0.1, 0.15) is 26.0 Å². The number of rotatable bonds is 7. The van der Waals surface area contributed by atoms with Gasteiger partial charge in [0.2, 0.25) is 5.91 Å². The predicted octanol–water partition coefficient (Wildman–Crippen LogP) is 1.18. The van der Waals surface area contributed by atoms with E-state index >= 15 is 0 Å². The molecule has 0 saturated carbocycles. The molecule has 1 aromatic heterocycles. The summed E-state index contributed by atoms with van der Waals surface area (Å²) in [6, 6.07) is 5.65. The highest BCUT2D eigenvalue weighted by molar-refractivity contribution is 5.85. The van der Waals surface area contributed by atoms with Crippen LogP contribution in [-0.2, 0) is 16.1 Å². The Balaban J connectivity index is 2.80. The second-order valence-corrected chi connectivity index (χ2v) is 4.81. The van der Waals surface area contributed by atoms with Crippen LogP contribution in [0.25, 0.3) is 0 Å². The lowest BCUT2D eigenvalue weighted by Gasteiger charge is -2.30. The largest absolute Gasteiger partial charge is 0.383 e. The zero-order valence-corrected chi connectivity index (χ0v) is 11.9. The maximum atomic E-state index is 12.4. The van der Waals surface area contributed by atoms with E-state index < -0.39 is 5.54 Å². The Kier molecular flexibility index (Phi) is 5.92. The smallest absolute Gasteiger partial charge is 0.242 e. The van der Waals surface area contributed by atoms with Gasteiger partial charge in [-0.3, -0.25) is 9.78 Å². The van der Waals surface area contributed by atoms with Crippen molar-refractivity contribution in [3.63, 3.8) is 0 Å². The van der Waals surface area contributed by atoms with Gasteiger partial charge in [0.15, 0.2) is 0 Å². The zero-order valence-electron chi connectivity index (χ0n) is 11.9. The molecule has 19 heavy (non-hydrogen) atoms. The van der Waals surface area contributed by atoms with Crippen LogP contribution in [0.3, 0.4) is 0 Å². The van der Waals surface area contributed by atoms with Gasteiger partial charge in [-0.2, -0.15) is 0 Å². The molecule has 5 heteroatoms. The van der Waals surface area contributed by atoms with E-state index in [9.17, 15) is 4.79 Å². The number of aromatic nitrogens is 1. The fourth-order valence-corrected chi connectivity index (χ4v) is 1.65. The van der Waals surface area contributed by atoms with Crippen molar-refractivity contribution >= 4 is 5.91 Å². The Morgan fingerprint density at radius 2 is 2.26 bits per heavy atom. The standard InChI is InChI=1S/C14H23N3O2/c1-4-14(2,15)13(18)17(9-10-19-3)11-12-7-5-6-8-16-12/h5-8H,4,9-11,15H2,1-3H3. The van der Waals surface area contributed by atoms with Crippen molar-refractivity contribution in [1.29, 1.82) is 0 Å². The minimum Gasteiger partial charge on any atom is -0.383 e. The van der Waals surface area contributed by atoms with Gasteiger partial charge in [-0.25, -0.2) is 0 Å². The molecule has 0 fully saturated rings. The first kappa shape index (κ1) is 15.6. The van der Waals surface area contributed by atoms with Gasteiger partial charge in [-0.1, -0.05) is 13.0 Å². The summed E-state index contributed by atoms with van der Waals surface area (Å²) in [5.74, 6) is -0.0716. The van der Waals surface area contributed by atoms with Gasteiger partial charge in [0.1, 0.15) is 0 Å². The summed E-state index contributed by atoms with van der Waals surface area (Å²) in [6.07, 6.45) is 2.31. The first-order chi connectivity index (χ1) is 9.01. The summed E-state index contributed by atoms with van der Waals surface area (Å²) in [6.45, 7) is 5.12. The molecule has 106 valence electrons. The summed E-state index contributed by atoms with van der Waals surface area (Å²) in [7, 11) is 1.62. The molecule has 1 atom stereocenters. The molecule has 1 aromatic rings. The van der Waals surface area contributed by atoms with Crippen molar-refractivity contribution in [3.8, 4) is 0 Å². The van der Waals surface area contributed by atoms with Gasteiger partial charge in [0.25, 0.3) is 0 Å². The van der Waals surface area contributed by atoms with Crippen LogP contribution in [0.15, 0.2) is 24.4 Å². The lowest BCUT2D eigenvalue weighted by atomic mass is 9.98. The summed E-state index contributed by atoms with van der Waals surface area (Å²) < 4.78 is 5.05. The summed E-state index contributed by atoms with van der Waals surface area (Å²) in [5, 5.41) is 0. The molecule has 0 aliphatic rings. The number of hydrogen-bond acceptors (Lipinski definition) is 4. The lowest BCUT2D eigenvalue weighted by molar-refractivity contribution is -0.137. The van der Waals surface area contributed by atoms with E-state index in [1.807, 2.05) is 25.1 Å². The third kappa shape index (κ3) is 4.61. The first-order valence-corrected chi connectivity index (χ1v) is 6.48. The third-order valence-electron chi connectivity index (χ3n) is 3.15. The molecule has 1 unspecified atom stereocenters. The summed E-state index contributed by atoms with van der Waals surface area (Å²) >= 11 is 0. The topological polar surface area (TPSA) is 68.5 Å². The van der Waals surface area contributed by atoms with E-state index in [1.54, 1.807) is 25.1 Å². The molecule has 0 saturated heterocycles. The number of carbonyl (C=O) groups is 1. The molecule has 1 heterocycles. The van der Waals surface area contributed by atoms with Gasteiger partial charge in [0.05, 0.1) is 24.4 Å². The van der Waals surface area contributed by atoms with Crippen molar-refractivity contribution in [2.45, 2.75) is 32.4 Å². The second-order valence-electron chi connectivity index (χ2n) is 4.81. The number of methoxy groups -OCH3 is 1. The van der Waals surface area contributed by atoms with E-state index in [4.69, 9.17) is 10.5 Å². The molecule has 0 bridgehead atoms. The fraction of sp³-hybridized carbons (Fsp3) is 0.571. The van der Waals surface area contributed by atoms with Gasteiger partial charge < -0.3 is 15.4 Å². The Labute approximate surface area is 114 Å². The molecule has 0 aliphatic heterocycles. The SMILES string of the molecule is CCC(C)(N)C(=O)N(CCOC)Cc1ccccn1. The zero-order chi connectivity index (χ0) is 14.3.